The Balaban J connectivity index is 0.000000751. The smallest absolute Gasteiger partial charge is 0.414 e. The molecule has 1 fully saturated rings. The average Bonchev–Trinajstić information content (AvgIpc) is 2.77. The van der Waals surface area contributed by atoms with Crippen molar-refractivity contribution in [3.05, 3.63) is 28.2 Å². The Morgan fingerprint density at radius 3 is 2.31 bits per heavy atom. The van der Waals surface area contributed by atoms with E-state index < -0.39 is 17.7 Å². The highest BCUT2D eigenvalue weighted by atomic mass is 35.5. The first-order valence-corrected chi connectivity index (χ1v) is 11.3. The number of rotatable bonds is 10. The zero-order valence-electron chi connectivity index (χ0n) is 18.8. The van der Waals surface area contributed by atoms with Gasteiger partial charge in [0.05, 0.1) is 23.2 Å². The van der Waals surface area contributed by atoms with E-state index in [0.717, 1.165) is 38.2 Å². The fourth-order valence-electron chi connectivity index (χ4n) is 3.65. The number of aliphatic carboxylic acids is 2. The van der Waals surface area contributed by atoms with Gasteiger partial charge in [0, 0.05) is 26.2 Å². The molecule has 1 aromatic rings. The lowest BCUT2D eigenvalue weighted by molar-refractivity contribution is -0.264. The Kier molecular flexibility index (Phi) is 12.9. The van der Waals surface area contributed by atoms with E-state index in [9.17, 15) is 0 Å². The molecule has 182 valence electrons. The lowest BCUT2D eigenvalue weighted by Crippen LogP contribution is -2.56. The van der Waals surface area contributed by atoms with Gasteiger partial charge in [0.2, 0.25) is 0 Å². The molecule has 10 heteroatoms. The summed E-state index contributed by atoms with van der Waals surface area (Å²) >= 11 is 12.0. The van der Waals surface area contributed by atoms with E-state index in [2.05, 4.69) is 11.8 Å². The van der Waals surface area contributed by atoms with Crippen molar-refractivity contribution >= 4 is 35.1 Å². The fraction of sp³-hybridized carbons (Fsp3) is 0.636. The van der Waals surface area contributed by atoms with Gasteiger partial charge in [-0.05, 0) is 44.5 Å². The van der Waals surface area contributed by atoms with Gasteiger partial charge in [-0.1, -0.05) is 43.0 Å². The highest BCUT2D eigenvalue weighted by Crippen LogP contribution is 2.34. The van der Waals surface area contributed by atoms with Crippen LogP contribution in [-0.4, -0.2) is 73.3 Å². The molecule has 0 radical (unpaired) electrons. The van der Waals surface area contributed by atoms with E-state index in [0.29, 0.717) is 22.6 Å². The second-order valence-electron chi connectivity index (χ2n) is 7.51. The first-order chi connectivity index (χ1) is 15.2. The van der Waals surface area contributed by atoms with Crippen molar-refractivity contribution in [2.24, 2.45) is 5.92 Å². The zero-order chi connectivity index (χ0) is 24.1. The molecular weight excluding hydrogens is 461 g/mol. The van der Waals surface area contributed by atoms with Gasteiger partial charge in [0.25, 0.3) is 0 Å². The molecule has 0 aliphatic carbocycles. The van der Waals surface area contributed by atoms with Gasteiger partial charge < -0.3 is 24.4 Å². The van der Waals surface area contributed by atoms with Crippen molar-refractivity contribution in [3.8, 4) is 5.75 Å². The highest BCUT2D eigenvalue weighted by Gasteiger charge is 2.43. The number of unbranched alkanes of at least 4 members (excludes halogenated alkanes) is 2. The van der Waals surface area contributed by atoms with E-state index in [1.807, 2.05) is 6.07 Å². The fourth-order valence-corrected chi connectivity index (χ4v) is 3.94. The van der Waals surface area contributed by atoms with Crippen LogP contribution >= 0.6 is 23.2 Å². The maximum Gasteiger partial charge on any atom is 0.414 e. The van der Waals surface area contributed by atoms with Crippen LogP contribution in [0.1, 0.15) is 39.0 Å². The lowest BCUT2D eigenvalue weighted by atomic mass is 9.87. The van der Waals surface area contributed by atoms with Crippen LogP contribution in [0, 0.1) is 5.92 Å². The monoisotopic (exact) mass is 493 g/mol. The Labute approximate surface area is 199 Å². The number of nitrogens with zero attached hydrogens (tertiary/aromatic N) is 1. The number of piperidine rings is 1. The van der Waals surface area contributed by atoms with E-state index >= 15 is 0 Å². The number of carboxylic acids is 2. The van der Waals surface area contributed by atoms with Crippen molar-refractivity contribution in [2.75, 3.05) is 40.5 Å². The summed E-state index contributed by atoms with van der Waals surface area (Å²) in [5, 5.41) is 15.8. The number of benzene rings is 1. The number of hydrogen-bond donors (Lipinski definition) is 2. The van der Waals surface area contributed by atoms with Gasteiger partial charge in [0.1, 0.15) is 5.75 Å². The molecule has 1 saturated heterocycles. The summed E-state index contributed by atoms with van der Waals surface area (Å²) in [5.74, 6) is -3.18. The molecule has 1 aliphatic heterocycles. The van der Waals surface area contributed by atoms with Crippen LogP contribution in [-0.2, 0) is 19.1 Å². The Hall–Kier alpha value is -1.58. The number of hydrogen-bond acceptors (Lipinski definition) is 6. The predicted octanol–water partition coefficient (Wildman–Crippen LogP) is 4.42. The molecule has 1 heterocycles. The van der Waals surface area contributed by atoms with Crippen molar-refractivity contribution in [2.45, 2.75) is 44.8 Å². The van der Waals surface area contributed by atoms with Gasteiger partial charge in [-0.3, -0.25) is 4.90 Å². The molecule has 0 spiro atoms. The van der Waals surface area contributed by atoms with E-state index in [-0.39, 0.29) is 0 Å². The van der Waals surface area contributed by atoms with Gasteiger partial charge in [-0.2, -0.15) is 0 Å². The summed E-state index contributed by atoms with van der Waals surface area (Å²) in [6.07, 6.45) is 5.64. The lowest BCUT2D eigenvalue weighted by Gasteiger charge is -2.46. The first-order valence-electron chi connectivity index (χ1n) is 10.6. The van der Waals surface area contributed by atoms with Gasteiger partial charge in [0.15, 0.2) is 5.79 Å². The third-order valence-electron chi connectivity index (χ3n) is 5.44. The normalized spacial score (nSPS) is 17.8. The van der Waals surface area contributed by atoms with E-state index in [1.54, 1.807) is 26.4 Å². The Morgan fingerprint density at radius 2 is 1.78 bits per heavy atom. The molecule has 2 rings (SSSR count). The van der Waals surface area contributed by atoms with E-state index in [4.69, 9.17) is 57.2 Å². The number of likely N-dealkylation sites (tertiary alicyclic amines) is 1. The Morgan fingerprint density at radius 1 is 1.12 bits per heavy atom. The van der Waals surface area contributed by atoms with Crippen molar-refractivity contribution < 1.29 is 34.0 Å². The van der Waals surface area contributed by atoms with Crippen LogP contribution < -0.4 is 4.74 Å². The highest BCUT2D eigenvalue weighted by molar-refractivity contribution is 6.42. The third-order valence-corrected chi connectivity index (χ3v) is 6.18. The summed E-state index contributed by atoms with van der Waals surface area (Å²) in [6, 6.07) is 5.34. The average molecular weight is 494 g/mol. The quantitative estimate of drug-likeness (QED) is 0.280. The summed E-state index contributed by atoms with van der Waals surface area (Å²) in [5.41, 5.74) is 0. The van der Waals surface area contributed by atoms with Crippen LogP contribution in [0.5, 0.6) is 5.75 Å². The van der Waals surface area contributed by atoms with Crippen LogP contribution in [0.3, 0.4) is 0 Å². The maximum absolute atomic E-state index is 9.10. The molecule has 8 nitrogen and oxygen atoms in total. The van der Waals surface area contributed by atoms with Crippen LogP contribution in [0.25, 0.3) is 0 Å². The minimum absolute atomic E-state index is 0.294. The minimum atomic E-state index is -1.82. The molecule has 32 heavy (non-hydrogen) atoms. The van der Waals surface area contributed by atoms with Crippen molar-refractivity contribution in [1.82, 2.24) is 4.90 Å². The summed E-state index contributed by atoms with van der Waals surface area (Å²) in [4.78, 5) is 20.7. The molecule has 0 saturated carbocycles. The summed E-state index contributed by atoms with van der Waals surface area (Å²) in [7, 11) is 3.48. The maximum atomic E-state index is 9.10. The third kappa shape index (κ3) is 9.11. The standard InChI is InChI=1S/C20H31Cl2NO3.C2H2O4/c1-4-5-6-11-23-12-9-16(20(15-23,24-2)25-3)10-13-26-17-7-8-18(21)19(22)14-17;3-1(4)2(5)6/h7-8,14,16H,4-6,9-13,15H2,1-3H3;(H,3,4)(H,5,6). The first kappa shape index (κ1) is 28.5. The molecule has 0 amide bonds. The Bertz CT molecular complexity index is 716. The summed E-state index contributed by atoms with van der Waals surface area (Å²) < 4.78 is 17.6. The molecule has 1 unspecified atom stereocenters. The minimum Gasteiger partial charge on any atom is -0.494 e. The number of carboxylic acid groups (broad SMARTS) is 2. The van der Waals surface area contributed by atoms with Crippen molar-refractivity contribution in [1.29, 1.82) is 0 Å². The molecular formula is C22H33Cl2NO7. The zero-order valence-corrected chi connectivity index (χ0v) is 20.3. The molecule has 1 aromatic carbocycles. The van der Waals surface area contributed by atoms with Gasteiger partial charge in [-0.15, -0.1) is 0 Å². The second kappa shape index (κ2) is 14.5. The van der Waals surface area contributed by atoms with Crippen molar-refractivity contribution in [3.63, 3.8) is 0 Å². The second-order valence-corrected chi connectivity index (χ2v) is 8.33. The van der Waals surface area contributed by atoms with Crippen LogP contribution in [0.4, 0.5) is 0 Å². The number of ether oxygens (including phenoxy) is 3. The molecule has 0 bridgehead atoms. The number of carbonyl (C=O) groups is 2. The largest absolute Gasteiger partial charge is 0.494 e. The molecule has 1 aliphatic rings. The molecule has 1 atom stereocenters. The van der Waals surface area contributed by atoms with Crippen LogP contribution in [0.2, 0.25) is 10.0 Å². The van der Waals surface area contributed by atoms with Crippen LogP contribution in [0.15, 0.2) is 18.2 Å². The topological polar surface area (TPSA) is 106 Å². The summed E-state index contributed by atoms with van der Waals surface area (Å²) in [6.45, 7) is 5.81. The predicted molar refractivity (Wildman–Crippen MR) is 123 cm³/mol. The number of methoxy groups -OCH3 is 2. The molecule has 2 N–H and O–H groups in total. The SMILES string of the molecule is CCCCCN1CCC(CCOc2ccc(Cl)c(Cl)c2)C(OC)(OC)C1.O=C(O)C(=O)O. The number of halogens is 2. The van der Waals surface area contributed by atoms with E-state index in [1.165, 1.54) is 19.3 Å². The van der Waals surface area contributed by atoms with Gasteiger partial charge in [-0.25, -0.2) is 9.59 Å². The van der Waals surface area contributed by atoms with Gasteiger partial charge >= 0.3 is 11.9 Å². The molecule has 0 aromatic heterocycles.